The fourth-order valence-corrected chi connectivity index (χ4v) is 2.96. The molecule has 2 heterocycles. The molecule has 3 rings (SSSR count). The van der Waals surface area contributed by atoms with Gasteiger partial charge in [-0.15, -0.1) is 12.4 Å². The van der Waals surface area contributed by atoms with Crippen molar-refractivity contribution in [1.29, 1.82) is 0 Å². The van der Waals surface area contributed by atoms with Crippen LogP contribution < -0.4 is 10.9 Å². The molecule has 0 bridgehead atoms. The van der Waals surface area contributed by atoms with Crippen molar-refractivity contribution in [3.05, 3.63) is 40.3 Å². The highest BCUT2D eigenvalue weighted by Gasteiger charge is 2.24. The van der Waals surface area contributed by atoms with Crippen LogP contribution in [0.15, 0.2) is 29.1 Å². The lowest BCUT2D eigenvalue weighted by Gasteiger charge is -2.34. The normalized spacial score (nSPS) is 17.8. The van der Waals surface area contributed by atoms with Crippen molar-refractivity contribution in [1.82, 2.24) is 20.0 Å². The molecule has 0 aliphatic carbocycles. The summed E-state index contributed by atoms with van der Waals surface area (Å²) in [5.41, 5.74) is 0.524. The van der Waals surface area contributed by atoms with E-state index in [2.05, 4.69) is 10.4 Å². The fourth-order valence-electron chi connectivity index (χ4n) is 2.96. The van der Waals surface area contributed by atoms with Crippen molar-refractivity contribution in [2.45, 2.75) is 19.4 Å². The minimum Gasteiger partial charge on any atom is -0.337 e. The Morgan fingerprint density at radius 2 is 2.04 bits per heavy atom. The molecule has 1 aliphatic heterocycles. The molecule has 6 nitrogen and oxygen atoms in total. The van der Waals surface area contributed by atoms with Gasteiger partial charge >= 0.3 is 0 Å². The number of carbonyl (C=O) groups excluding carboxylic acids is 1. The minimum atomic E-state index is -0.137. The van der Waals surface area contributed by atoms with Gasteiger partial charge in [-0.25, -0.2) is 4.68 Å². The van der Waals surface area contributed by atoms with Gasteiger partial charge in [-0.1, -0.05) is 18.2 Å². The second-order valence-corrected chi connectivity index (χ2v) is 5.74. The molecular formula is C16H21ClN4O2. The molecule has 1 fully saturated rings. The maximum absolute atomic E-state index is 12.6. The largest absolute Gasteiger partial charge is 0.337 e. The Morgan fingerprint density at radius 1 is 1.35 bits per heavy atom. The van der Waals surface area contributed by atoms with E-state index >= 15 is 0 Å². The first-order valence-electron chi connectivity index (χ1n) is 7.53. The van der Waals surface area contributed by atoms with Crippen molar-refractivity contribution >= 4 is 29.1 Å². The first kappa shape index (κ1) is 17.4. The predicted octanol–water partition coefficient (Wildman–Crippen LogP) is 0.718. The first-order chi connectivity index (χ1) is 10.6. The van der Waals surface area contributed by atoms with Crippen molar-refractivity contribution in [2.75, 3.05) is 19.6 Å². The Labute approximate surface area is 140 Å². The first-order valence-corrected chi connectivity index (χ1v) is 7.53. The number of nitrogens with one attached hydrogen (secondary N) is 1. The van der Waals surface area contributed by atoms with E-state index in [-0.39, 0.29) is 36.3 Å². The summed E-state index contributed by atoms with van der Waals surface area (Å²) in [5.74, 6) is 0.0605. The van der Waals surface area contributed by atoms with Gasteiger partial charge in [0.2, 0.25) is 5.91 Å². The summed E-state index contributed by atoms with van der Waals surface area (Å²) < 4.78 is 1.31. The highest BCUT2D eigenvalue weighted by Crippen LogP contribution is 2.15. The average Bonchev–Trinajstić information content (AvgIpc) is 2.52. The van der Waals surface area contributed by atoms with Crippen LogP contribution in [0.2, 0.25) is 0 Å². The minimum absolute atomic E-state index is 0. The number of hydrogen-bond acceptors (Lipinski definition) is 4. The smallest absolute Gasteiger partial charge is 0.274 e. The SMILES string of the molecule is C[C@@H]1CNCCN1C(=O)Cc1nn(C)c(=O)c2ccccc12.Cl. The third-order valence-corrected chi connectivity index (χ3v) is 4.17. The third kappa shape index (κ3) is 3.38. The molecule has 1 aromatic carbocycles. The molecule has 0 spiro atoms. The van der Waals surface area contributed by atoms with Crippen LogP contribution >= 0.6 is 12.4 Å². The lowest BCUT2D eigenvalue weighted by molar-refractivity contribution is -0.133. The number of aryl methyl sites for hydroxylation is 1. The number of halogens is 1. The summed E-state index contributed by atoms with van der Waals surface area (Å²) in [4.78, 5) is 26.6. The lowest BCUT2D eigenvalue weighted by atomic mass is 10.1. The molecule has 7 heteroatoms. The van der Waals surface area contributed by atoms with Crippen LogP contribution in [0.25, 0.3) is 10.8 Å². The van der Waals surface area contributed by atoms with E-state index < -0.39 is 0 Å². The zero-order chi connectivity index (χ0) is 15.7. The quantitative estimate of drug-likeness (QED) is 0.877. The van der Waals surface area contributed by atoms with E-state index in [1.54, 1.807) is 13.1 Å². The van der Waals surface area contributed by atoms with Gasteiger partial charge in [0.05, 0.1) is 17.5 Å². The summed E-state index contributed by atoms with van der Waals surface area (Å²) in [6.07, 6.45) is 0.221. The molecule has 0 saturated carbocycles. The average molecular weight is 337 g/mol. The number of fused-ring (bicyclic) bond motifs is 1. The number of aromatic nitrogens is 2. The highest BCUT2D eigenvalue weighted by molar-refractivity contribution is 5.88. The Hall–Kier alpha value is -1.92. The standard InChI is InChI=1S/C16H20N4O2.ClH/c1-11-10-17-7-8-20(11)15(21)9-14-12-5-3-4-6-13(12)16(22)19(2)18-14;/h3-6,11,17H,7-10H2,1-2H3;1H/t11-;/m1./s1. The molecular weight excluding hydrogens is 316 g/mol. The Bertz CT molecular complexity index is 774. The Balaban J connectivity index is 0.00000192. The second kappa shape index (κ2) is 7.10. The third-order valence-electron chi connectivity index (χ3n) is 4.17. The lowest BCUT2D eigenvalue weighted by Crippen LogP contribution is -2.52. The van der Waals surface area contributed by atoms with Crippen molar-refractivity contribution in [3.63, 3.8) is 0 Å². The number of piperazine rings is 1. The maximum Gasteiger partial charge on any atom is 0.274 e. The van der Waals surface area contributed by atoms with E-state index in [1.807, 2.05) is 30.0 Å². The number of hydrogen-bond donors (Lipinski definition) is 1. The van der Waals surface area contributed by atoms with Gasteiger partial charge in [0.15, 0.2) is 0 Å². The van der Waals surface area contributed by atoms with E-state index in [0.29, 0.717) is 17.6 Å². The molecule has 1 atom stereocenters. The van der Waals surface area contributed by atoms with Gasteiger partial charge in [-0.3, -0.25) is 9.59 Å². The van der Waals surface area contributed by atoms with Crippen LogP contribution in [0.4, 0.5) is 0 Å². The molecule has 1 aliphatic rings. The van der Waals surface area contributed by atoms with E-state index in [0.717, 1.165) is 18.5 Å². The van der Waals surface area contributed by atoms with Gasteiger partial charge in [0.25, 0.3) is 5.56 Å². The molecule has 1 amide bonds. The van der Waals surface area contributed by atoms with Crippen LogP contribution in [0.3, 0.4) is 0 Å². The number of carbonyl (C=O) groups is 1. The number of nitrogens with zero attached hydrogens (tertiary/aromatic N) is 3. The van der Waals surface area contributed by atoms with Crippen molar-refractivity contribution < 1.29 is 4.79 Å². The summed E-state index contributed by atoms with van der Waals surface area (Å²) in [7, 11) is 1.62. The second-order valence-electron chi connectivity index (χ2n) is 5.74. The van der Waals surface area contributed by atoms with Crippen LogP contribution in [0.5, 0.6) is 0 Å². The summed E-state index contributed by atoms with van der Waals surface area (Å²) in [6, 6.07) is 7.51. The maximum atomic E-state index is 12.6. The van der Waals surface area contributed by atoms with Gasteiger partial charge in [-0.05, 0) is 13.0 Å². The van der Waals surface area contributed by atoms with Crippen LogP contribution in [0.1, 0.15) is 12.6 Å². The number of amides is 1. The van der Waals surface area contributed by atoms with Gasteiger partial charge < -0.3 is 10.2 Å². The topological polar surface area (TPSA) is 67.2 Å². The van der Waals surface area contributed by atoms with Crippen LogP contribution in [-0.2, 0) is 18.3 Å². The predicted molar refractivity (Wildman–Crippen MR) is 92.0 cm³/mol. The highest BCUT2D eigenvalue weighted by atomic mass is 35.5. The zero-order valence-corrected chi connectivity index (χ0v) is 14.1. The molecule has 1 saturated heterocycles. The van der Waals surface area contributed by atoms with Crippen LogP contribution in [-0.4, -0.2) is 46.3 Å². The number of rotatable bonds is 2. The van der Waals surface area contributed by atoms with Crippen molar-refractivity contribution in [3.8, 4) is 0 Å². The molecule has 23 heavy (non-hydrogen) atoms. The number of benzene rings is 1. The monoisotopic (exact) mass is 336 g/mol. The Kier molecular flexibility index (Phi) is 5.38. The van der Waals surface area contributed by atoms with Gasteiger partial charge in [-0.2, -0.15) is 5.10 Å². The van der Waals surface area contributed by atoms with Gasteiger partial charge in [0, 0.05) is 38.1 Å². The van der Waals surface area contributed by atoms with E-state index in [4.69, 9.17) is 0 Å². The molecule has 0 unspecified atom stereocenters. The zero-order valence-electron chi connectivity index (χ0n) is 13.3. The molecule has 1 N–H and O–H groups in total. The van der Waals surface area contributed by atoms with E-state index in [9.17, 15) is 9.59 Å². The Morgan fingerprint density at radius 3 is 2.74 bits per heavy atom. The summed E-state index contributed by atoms with van der Waals surface area (Å²) in [6.45, 7) is 4.38. The molecule has 124 valence electrons. The molecule has 0 radical (unpaired) electrons. The van der Waals surface area contributed by atoms with Crippen LogP contribution in [0, 0.1) is 0 Å². The van der Waals surface area contributed by atoms with Crippen molar-refractivity contribution in [2.24, 2.45) is 7.05 Å². The summed E-state index contributed by atoms with van der Waals surface area (Å²) >= 11 is 0. The molecule has 1 aromatic heterocycles. The molecule has 2 aromatic rings. The summed E-state index contributed by atoms with van der Waals surface area (Å²) in [5, 5.41) is 8.95. The van der Waals surface area contributed by atoms with Gasteiger partial charge in [0.1, 0.15) is 0 Å². The van der Waals surface area contributed by atoms with E-state index in [1.165, 1.54) is 4.68 Å². The fraction of sp³-hybridized carbons (Fsp3) is 0.438.